The fraction of sp³-hybridized carbons (Fsp3) is 0.0769. The minimum absolute atomic E-state index is 0.178. The summed E-state index contributed by atoms with van der Waals surface area (Å²) in [6, 6.07) is 7.76. The lowest BCUT2D eigenvalue weighted by Gasteiger charge is -2.18. The second-order valence-corrected chi connectivity index (χ2v) is 2.87. The minimum atomic E-state index is -0.375. The van der Waals surface area contributed by atoms with Gasteiger partial charge in [0.1, 0.15) is 0 Å². The Labute approximate surface area is 91.6 Å². The van der Waals surface area contributed by atoms with Gasteiger partial charge >= 0.3 is 0 Å². The summed E-state index contributed by atoms with van der Waals surface area (Å²) >= 11 is 0. The third kappa shape index (κ3) is 1.77. The van der Waals surface area contributed by atoms with Gasteiger partial charge in [-0.05, 0) is 24.2 Å². The zero-order chi connectivity index (χ0) is 14.2. The molecule has 0 aliphatic rings. The SMILES string of the molecule is [2H]c1c([2H])c([2H])c(N(C)c2ccccc2)c([2H])c1[2H]. The van der Waals surface area contributed by atoms with E-state index in [0.717, 1.165) is 5.69 Å². The van der Waals surface area contributed by atoms with Gasteiger partial charge in [0, 0.05) is 18.4 Å². The zero-order valence-electron chi connectivity index (χ0n) is 12.8. The van der Waals surface area contributed by atoms with Crippen LogP contribution in [0.15, 0.2) is 60.5 Å². The van der Waals surface area contributed by atoms with Crippen molar-refractivity contribution in [2.45, 2.75) is 0 Å². The highest BCUT2D eigenvalue weighted by molar-refractivity contribution is 5.61. The van der Waals surface area contributed by atoms with Crippen molar-refractivity contribution in [1.82, 2.24) is 0 Å². The number of anilines is 2. The molecule has 0 fully saturated rings. The summed E-state index contributed by atoms with van der Waals surface area (Å²) in [6.45, 7) is 0. The van der Waals surface area contributed by atoms with E-state index in [4.69, 9.17) is 6.85 Å². The van der Waals surface area contributed by atoms with Crippen LogP contribution in [0, 0.1) is 0 Å². The molecule has 14 heavy (non-hydrogen) atoms. The van der Waals surface area contributed by atoms with Crippen LogP contribution in [0.1, 0.15) is 6.85 Å². The largest absolute Gasteiger partial charge is 0.345 e. The molecule has 0 aromatic heterocycles. The number of hydrogen-bond acceptors (Lipinski definition) is 1. The highest BCUT2D eigenvalue weighted by atomic mass is 15.1. The molecule has 0 amide bonds. The second kappa shape index (κ2) is 3.97. The Morgan fingerprint density at radius 2 is 1.57 bits per heavy atom. The van der Waals surface area contributed by atoms with Crippen LogP contribution in [0.5, 0.6) is 0 Å². The van der Waals surface area contributed by atoms with E-state index in [1.807, 2.05) is 30.3 Å². The summed E-state index contributed by atoms with van der Waals surface area (Å²) in [4.78, 5) is 1.60. The smallest absolute Gasteiger partial charge is 0.0645 e. The molecule has 0 spiro atoms. The van der Waals surface area contributed by atoms with Crippen LogP contribution in [-0.2, 0) is 0 Å². The van der Waals surface area contributed by atoms with E-state index in [0.29, 0.717) is 0 Å². The molecular formula is C13H13N. The number of benzene rings is 2. The van der Waals surface area contributed by atoms with Gasteiger partial charge in [-0.2, -0.15) is 0 Å². The van der Waals surface area contributed by atoms with Crippen LogP contribution < -0.4 is 4.90 Å². The first-order chi connectivity index (χ1) is 8.95. The molecule has 0 heterocycles. The summed E-state index contributed by atoms with van der Waals surface area (Å²) in [5.74, 6) is 0. The van der Waals surface area contributed by atoms with Crippen molar-refractivity contribution in [3.8, 4) is 0 Å². The molecule has 1 heteroatoms. The first kappa shape index (κ1) is 4.65. The van der Waals surface area contributed by atoms with E-state index in [2.05, 4.69) is 0 Å². The Hall–Kier alpha value is -1.76. The monoisotopic (exact) mass is 188 g/mol. The van der Waals surface area contributed by atoms with E-state index in [1.54, 1.807) is 11.9 Å². The average molecular weight is 188 g/mol. The van der Waals surface area contributed by atoms with Gasteiger partial charge in [0.2, 0.25) is 0 Å². The summed E-state index contributed by atoms with van der Waals surface area (Å²) in [7, 11) is 1.68. The Bertz CT molecular complexity index is 583. The molecule has 2 aromatic rings. The van der Waals surface area contributed by atoms with Gasteiger partial charge in [-0.3, -0.25) is 0 Å². The van der Waals surface area contributed by atoms with Gasteiger partial charge in [-0.15, -0.1) is 0 Å². The number of para-hydroxylation sites is 2. The maximum absolute atomic E-state index is 7.90. The first-order valence-electron chi connectivity index (χ1n) is 6.81. The molecule has 0 bridgehead atoms. The highest BCUT2D eigenvalue weighted by Gasteiger charge is 2.00. The van der Waals surface area contributed by atoms with Crippen LogP contribution in [0.2, 0.25) is 0 Å². The predicted molar refractivity (Wildman–Crippen MR) is 60.9 cm³/mol. The van der Waals surface area contributed by atoms with Crippen molar-refractivity contribution in [1.29, 1.82) is 0 Å². The Kier molecular flexibility index (Phi) is 1.32. The van der Waals surface area contributed by atoms with E-state index in [1.165, 1.54) is 0 Å². The fourth-order valence-corrected chi connectivity index (χ4v) is 1.19. The molecule has 0 atom stereocenters. The second-order valence-electron chi connectivity index (χ2n) is 2.87. The van der Waals surface area contributed by atoms with Gasteiger partial charge in [-0.1, -0.05) is 36.3 Å². The van der Waals surface area contributed by atoms with Crippen LogP contribution in [-0.4, -0.2) is 7.05 Å². The fourth-order valence-electron chi connectivity index (χ4n) is 1.19. The van der Waals surface area contributed by atoms with Crippen molar-refractivity contribution in [3.63, 3.8) is 0 Å². The Morgan fingerprint density at radius 1 is 0.929 bits per heavy atom. The lowest BCUT2D eigenvalue weighted by molar-refractivity contribution is 1.21. The molecule has 0 unspecified atom stereocenters. The van der Waals surface area contributed by atoms with E-state index in [9.17, 15) is 0 Å². The van der Waals surface area contributed by atoms with Crippen molar-refractivity contribution < 1.29 is 6.85 Å². The molecule has 2 rings (SSSR count). The highest BCUT2D eigenvalue weighted by Crippen LogP contribution is 2.21. The maximum Gasteiger partial charge on any atom is 0.0645 e. The molecule has 0 aliphatic heterocycles. The molecular weight excluding hydrogens is 170 g/mol. The number of nitrogens with zero attached hydrogens (tertiary/aromatic N) is 1. The van der Waals surface area contributed by atoms with Crippen molar-refractivity contribution in [2.75, 3.05) is 11.9 Å². The molecule has 1 nitrogen and oxygen atoms in total. The van der Waals surface area contributed by atoms with Crippen molar-refractivity contribution in [2.24, 2.45) is 0 Å². The van der Waals surface area contributed by atoms with Gasteiger partial charge in [0.25, 0.3) is 0 Å². The molecule has 70 valence electrons. The van der Waals surface area contributed by atoms with Crippen LogP contribution in [0.25, 0.3) is 0 Å². The van der Waals surface area contributed by atoms with Crippen molar-refractivity contribution >= 4 is 11.4 Å². The molecule has 0 radical (unpaired) electrons. The summed E-state index contributed by atoms with van der Waals surface area (Å²) < 4.78 is 38.7. The maximum atomic E-state index is 7.90. The topological polar surface area (TPSA) is 3.24 Å². The van der Waals surface area contributed by atoms with Crippen LogP contribution in [0.4, 0.5) is 11.4 Å². The third-order valence-corrected chi connectivity index (χ3v) is 1.97. The third-order valence-electron chi connectivity index (χ3n) is 1.97. The van der Waals surface area contributed by atoms with Crippen LogP contribution >= 0.6 is 0 Å². The molecule has 2 aromatic carbocycles. The van der Waals surface area contributed by atoms with E-state index in [-0.39, 0.29) is 35.9 Å². The molecule has 0 saturated carbocycles. The normalized spacial score (nSPS) is 14.8. The number of rotatable bonds is 2. The summed E-state index contributed by atoms with van der Waals surface area (Å²) in [5, 5.41) is 0. The molecule has 0 N–H and O–H groups in total. The Morgan fingerprint density at radius 3 is 2.21 bits per heavy atom. The average Bonchev–Trinajstić information content (AvgIpc) is 2.44. The van der Waals surface area contributed by atoms with Gasteiger partial charge in [0.15, 0.2) is 0 Å². The standard InChI is InChI=1S/C13H13N/c1-14(12-8-4-2-5-9-12)13-10-6-3-7-11-13/h2-11H,1H3/i2D,4D,5D,8D,9D. The van der Waals surface area contributed by atoms with E-state index >= 15 is 0 Å². The van der Waals surface area contributed by atoms with Gasteiger partial charge < -0.3 is 4.90 Å². The van der Waals surface area contributed by atoms with E-state index < -0.39 is 0 Å². The number of hydrogen-bond donors (Lipinski definition) is 0. The van der Waals surface area contributed by atoms with Crippen molar-refractivity contribution in [3.05, 3.63) is 60.5 Å². The van der Waals surface area contributed by atoms with Gasteiger partial charge in [0.05, 0.1) is 6.85 Å². The van der Waals surface area contributed by atoms with Gasteiger partial charge in [-0.25, -0.2) is 0 Å². The summed E-state index contributed by atoms with van der Waals surface area (Å²) in [5.41, 5.74) is 0.943. The quantitative estimate of drug-likeness (QED) is 0.697. The zero-order valence-corrected chi connectivity index (χ0v) is 7.83. The van der Waals surface area contributed by atoms with Crippen LogP contribution in [0.3, 0.4) is 0 Å². The lowest BCUT2D eigenvalue weighted by Crippen LogP contribution is -2.08. The molecule has 0 aliphatic carbocycles. The molecule has 0 saturated heterocycles. The predicted octanol–water partition coefficient (Wildman–Crippen LogP) is 3.45. The summed E-state index contributed by atoms with van der Waals surface area (Å²) in [6.07, 6.45) is 0. The first-order valence-corrected chi connectivity index (χ1v) is 4.31. The Balaban J connectivity index is 2.64. The lowest BCUT2D eigenvalue weighted by atomic mass is 10.2. The minimum Gasteiger partial charge on any atom is -0.345 e.